The molecule has 1 aliphatic carbocycles. The molecule has 1 aliphatic rings. The topological polar surface area (TPSA) is 47.6 Å². The molecule has 0 radical (unpaired) electrons. The van der Waals surface area contributed by atoms with Crippen molar-refractivity contribution < 1.29 is 14.3 Å². The molecule has 0 saturated heterocycles. The Balaban J connectivity index is 1.78. The molecule has 0 aliphatic heterocycles. The van der Waals surface area contributed by atoms with Crippen LogP contribution in [0.25, 0.3) is 0 Å². The summed E-state index contributed by atoms with van der Waals surface area (Å²) in [4.78, 5) is 12.5. The Morgan fingerprint density at radius 2 is 1.88 bits per heavy atom. The minimum atomic E-state index is -0.128. The van der Waals surface area contributed by atoms with Crippen LogP contribution in [-0.4, -0.2) is 19.1 Å². The fourth-order valence-corrected chi connectivity index (χ4v) is 3.51. The summed E-state index contributed by atoms with van der Waals surface area (Å²) < 4.78 is 12.4. The number of carbonyl (C=O) groups excluding carboxylic acids is 1. The maximum absolute atomic E-state index is 12.5. The van der Waals surface area contributed by atoms with Gasteiger partial charge in [-0.2, -0.15) is 0 Å². The highest BCUT2D eigenvalue weighted by Gasteiger charge is 2.19. The second kappa shape index (κ2) is 7.88. The van der Waals surface area contributed by atoms with Gasteiger partial charge in [-0.25, -0.2) is 0 Å². The number of hydrogen-bond donors (Lipinski definition) is 1. The number of anilines is 1. The van der Waals surface area contributed by atoms with Gasteiger partial charge in [0.25, 0.3) is 5.91 Å². The van der Waals surface area contributed by atoms with E-state index in [2.05, 4.69) is 27.9 Å². The van der Waals surface area contributed by atoms with Crippen molar-refractivity contribution in [3.63, 3.8) is 0 Å². The summed E-state index contributed by atoms with van der Waals surface area (Å²) in [6.45, 7) is 0. The summed E-state index contributed by atoms with van der Waals surface area (Å²) in [6.07, 6.45) is 4.79. The van der Waals surface area contributed by atoms with E-state index in [1.807, 2.05) is 42.5 Å². The number of halogens is 1. The molecule has 1 saturated carbocycles. The van der Waals surface area contributed by atoms with Crippen molar-refractivity contribution in [1.29, 1.82) is 0 Å². The predicted molar refractivity (Wildman–Crippen MR) is 103 cm³/mol. The first-order chi connectivity index (χ1) is 11.7. The van der Waals surface area contributed by atoms with Crippen LogP contribution in [0.1, 0.15) is 36.0 Å². The van der Waals surface area contributed by atoms with Crippen LogP contribution in [0.2, 0.25) is 0 Å². The lowest BCUT2D eigenvalue weighted by molar-refractivity contribution is 0.102. The first kappa shape index (κ1) is 17.1. The van der Waals surface area contributed by atoms with Crippen molar-refractivity contribution in [3.8, 4) is 11.5 Å². The molecule has 3 rings (SSSR count). The van der Waals surface area contributed by atoms with E-state index in [4.69, 9.17) is 9.47 Å². The Bertz CT molecular complexity index is 726. The molecule has 1 N–H and O–H groups in total. The number of carbonyl (C=O) groups is 1. The number of benzene rings is 2. The van der Waals surface area contributed by atoms with Gasteiger partial charge in [-0.3, -0.25) is 4.79 Å². The third-order valence-corrected chi connectivity index (χ3v) is 5.08. The van der Waals surface area contributed by atoms with Crippen LogP contribution in [0.15, 0.2) is 42.5 Å². The van der Waals surface area contributed by atoms with Crippen molar-refractivity contribution in [2.75, 3.05) is 12.4 Å². The lowest BCUT2D eigenvalue weighted by Gasteiger charge is -2.17. The molecule has 0 aromatic heterocycles. The molecule has 1 amide bonds. The van der Waals surface area contributed by atoms with Crippen molar-refractivity contribution in [2.24, 2.45) is 0 Å². The highest BCUT2D eigenvalue weighted by molar-refractivity contribution is 14.1. The number of ether oxygens (including phenoxy) is 2. The normalized spacial score (nSPS) is 14.4. The number of nitrogens with one attached hydrogen (secondary N) is 1. The fourth-order valence-electron chi connectivity index (χ4n) is 2.88. The average molecular weight is 437 g/mol. The summed E-state index contributed by atoms with van der Waals surface area (Å²) in [7, 11) is 1.63. The van der Waals surface area contributed by atoms with Crippen LogP contribution in [0, 0.1) is 3.57 Å². The van der Waals surface area contributed by atoms with E-state index in [9.17, 15) is 4.79 Å². The van der Waals surface area contributed by atoms with Gasteiger partial charge in [-0.15, -0.1) is 0 Å². The molecule has 0 heterocycles. The van der Waals surface area contributed by atoms with E-state index in [1.54, 1.807) is 7.11 Å². The first-order valence-corrected chi connectivity index (χ1v) is 9.16. The third kappa shape index (κ3) is 4.01. The predicted octanol–water partition coefficient (Wildman–Crippen LogP) is 4.87. The Kier molecular flexibility index (Phi) is 5.60. The Morgan fingerprint density at radius 3 is 2.58 bits per heavy atom. The average Bonchev–Trinajstić information content (AvgIpc) is 3.08. The maximum atomic E-state index is 12.5. The van der Waals surface area contributed by atoms with Crippen LogP contribution >= 0.6 is 22.6 Å². The standard InChI is InChI=1S/C19H20INO3/c1-23-17-11-10-13(12-18(17)24-14-6-2-3-7-14)21-19(22)15-8-4-5-9-16(15)20/h4-5,8-12,14H,2-3,6-7H2,1H3,(H,21,22). The number of rotatable bonds is 5. The van der Waals surface area contributed by atoms with E-state index in [1.165, 1.54) is 12.8 Å². The van der Waals surface area contributed by atoms with Crippen molar-refractivity contribution >= 4 is 34.2 Å². The second-order valence-electron chi connectivity index (χ2n) is 5.82. The summed E-state index contributed by atoms with van der Waals surface area (Å²) >= 11 is 2.16. The van der Waals surface area contributed by atoms with Gasteiger partial charge in [0.15, 0.2) is 11.5 Å². The molecule has 5 heteroatoms. The van der Waals surface area contributed by atoms with Gasteiger partial charge in [0.05, 0.1) is 18.8 Å². The highest BCUT2D eigenvalue weighted by Crippen LogP contribution is 2.34. The second-order valence-corrected chi connectivity index (χ2v) is 6.99. The molecular formula is C19H20INO3. The minimum absolute atomic E-state index is 0.128. The zero-order valence-corrected chi connectivity index (χ0v) is 15.7. The molecule has 2 aromatic rings. The summed E-state index contributed by atoms with van der Waals surface area (Å²) in [6, 6.07) is 13.0. The molecule has 0 spiro atoms. The SMILES string of the molecule is COc1ccc(NC(=O)c2ccccc2I)cc1OC1CCCC1. The van der Waals surface area contributed by atoms with Crippen LogP contribution in [-0.2, 0) is 0 Å². The van der Waals surface area contributed by atoms with E-state index in [-0.39, 0.29) is 12.0 Å². The molecule has 0 bridgehead atoms. The molecule has 24 heavy (non-hydrogen) atoms. The minimum Gasteiger partial charge on any atom is -0.493 e. The van der Waals surface area contributed by atoms with Crippen LogP contribution in [0.4, 0.5) is 5.69 Å². The van der Waals surface area contributed by atoms with Crippen LogP contribution in [0.5, 0.6) is 11.5 Å². The van der Waals surface area contributed by atoms with E-state index in [0.717, 1.165) is 16.4 Å². The number of amides is 1. The Hall–Kier alpha value is -1.76. The zero-order chi connectivity index (χ0) is 16.9. The van der Waals surface area contributed by atoms with E-state index in [0.29, 0.717) is 22.7 Å². The van der Waals surface area contributed by atoms with Gasteiger partial charge in [0, 0.05) is 15.3 Å². The fraction of sp³-hybridized carbons (Fsp3) is 0.316. The summed E-state index contributed by atoms with van der Waals surface area (Å²) in [5.74, 6) is 1.25. The molecule has 0 unspecified atom stereocenters. The molecule has 2 aromatic carbocycles. The van der Waals surface area contributed by atoms with Crippen molar-refractivity contribution in [1.82, 2.24) is 0 Å². The lowest BCUT2D eigenvalue weighted by atomic mass is 10.2. The monoisotopic (exact) mass is 437 g/mol. The summed E-state index contributed by atoms with van der Waals surface area (Å²) in [5.41, 5.74) is 1.36. The zero-order valence-electron chi connectivity index (χ0n) is 13.5. The van der Waals surface area contributed by atoms with Gasteiger partial charge >= 0.3 is 0 Å². The smallest absolute Gasteiger partial charge is 0.256 e. The van der Waals surface area contributed by atoms with Gasteiger partial charge in [0.1, 0.15) is 0 Å². The quantitative estimate of drug-likeness (QED) is 0.679. The molecule has 4 nitrogen and oxygen atoms in total. The summed E-state index contributed by atoms with van der Waals surface area (Å²) in [5, 5.41) is 2.94. The van der Waals surface area contributed by atoms with E-state index >= 15 is 0 Å². The highest BCUT2D eigenvalue weighted by atomic mass is 127. The van der Waals surface area contributed by atoms with Gasteiger partial charge in [-0.05, 0) is 72.5 Å². The van der Waals surface area contributed by atoms with Crippen LogP contribution < -0.4 is 14.8 Å². The largest absolute Gasteiger partial charge is 0.493 e. The van der Waals surface area contributed by atoms with Crippen molar-refractivity contribution in [2.45, 2.75) is 31.8 Å². The maximum Gasteiger partial charge on any atom is 0.256 e. The molecule has 1 fully saturated rings. The van der Waals surface area contributed by atoms with Gasteiger partial charge in [0.2, 0.25) is 0 Å². The molecular weight excluding hydrogens is 417 g/mol. The Labute approximate surface area is 155 Å². The third-order valence-electron chi connectivity index (χ3n) is 4.14. The lowest BCUT2D eigenvalue weighted by Crippen LogP contribution is -2.14. The number of hydrogen-bond acceptors (Lipinski definition) is 3. The van der Waals surface area contributed by atoms with Crippen LogP contribution in [0.3, 0.4) is 0 Å². The van der Waals surface area contributed by atoms with Crippen molar-refractivity contribution in [3.05, 3.63) is 51.6 Å². The number of methoxy groups -OCH3 is 1. The molecule has 126 valence electrons. The van der Waals surface area contributed by atoms with Gasteiger partial charge < -0.3 is 14.8 Å². The molecule has 0 atom stereocenters. The van der Waals surface area contributed by atoms with Gasteiger partial charge in [-0.1, -0.05) is 12.1 Å². The Morgan fingerprint density at radius 1 is 1.12 bits per heavy atom. The van der Waals surface area contributed by atoms with E-state index < -0.39 is 0 Å². The first-order valence-electron chi connectivity index (χ1n) is 8.08.